The lowest BCUT2D eigenvalue weighted by Crippen LogP contribution is -2.28. The van der Waals surface area contributed by atoms with E-state index in [0.29, 0.717) is 11.3 Å². The van der Waals surface area contributed by atoms with Gasteiger partial charge in [0.1, 0.15) is 5.82 Å². The van der Waals surface area contributed by atoms with Crippen molar-refractivity contribution < 1.29 is 22.2 Å². The SMILES string of the molecule is O=C(NCc1ccccc1F)Nc1ccc(S(=O)(=O)O)cc1. The summed E-state index contributed by atoms with van der Waals surface area (Å²) in [6, 6.07) is 10.4. The first-order chi connectivity index (χ1) is 10.4. The largest absolute Gasteiger partial charge is 0.334 e. The van der Waals surface area contributed by atoms with Crippen LogP contribution in [-0.4, -0.2) is 19.0 Å². The molecular weight excluding hydrogens is 311 g/mol. The van der Waals surface area contributed by atoms with Gasteiger partial charge < -0.3 is 10.6 Å². The van der Waals surface area contributed by atoms with Gasteiger partial charge in [0.2, 0.25) is 0 Å². The van der Waals surface area contributed by atoms with Gasteiger partial charge in [0.25, 0.3) is 10.1 Å². The van der Waals surface area contributed by atoms with Crippen molar-refractivity contribution in [3.63, 3.8) is 0 Å². The van der Waals surface area contributed by atoms with Gasteiger partial charge in [-0.05, 0) is 30.3 Å². The summed E-state index contributed by atoms with van der Waals surface area (Å²) < 4.78 is 44.0. The summed E-state index contributed by atoms with van der Waals surface area (Å²) in [6.07, 6.45) is 0. The van der Waals surface area contributed by atoms with Gasteiger partial charge in [0.05, 0.1) is 4.90 Å². The molecule has 0 fully saturated rings. The van der Waals surface area contributed by atoms with E-state index in [0.717, 1.165) is 12.1 Å². The van der Waals surface area contributed by atoms with E-state index in [1.54, 1.807) is 18.2 Å². The molecule has 0 saturated heterocycles. The first kappa shape index (κ1) is 15.9. The highest BCUT2D eigenvalue weighted by atomic mass is 32.2. The molecule has 0 saturated carbocycles. The maximum atomic E-state index is 13.4. The van der Waals surface area contributed by atoms with E-state index in [1.165, 1.54) is 18.2 Å². The van der Waals surface area contributed by atoms with Gasteiger partial charge in [0.15, 0.2) is 0 Å². The van der Waals surface area contributed by atoms with E-state index in [2.05, 4.69) is 10.6 Å². The Bertz CT molecular complexity index is 776. The molecule has 0 aromatic heterocycles. The van der Waals surface area contributed by atoms with Crippen molar-refractivity contribution in [3.8, 4) is 0 Å². The number of hydrogen-bond donors (Lipinski definition) is 3. The highest BCUT2D eigenvalue weighted by Crippen LogP contribution is 2.13. The van der Waals surface area contributed by atoms with Crippen LogP contribution in [0.4, 0.5) is 14.9 Å². The summed E-state index contributed by atoms with van der Waals surface area (Å²) in [6.45, 7) is 0.0155. The smallest absolute Gasteiger partial charge is 0.319 e. The molecule has 0 heterocycles. The van der Waals surface area contributed by atoms with Gasteiger partial charge in [-0.3, -0.25) is 4.55 Å². The van der Waals surface area contributed by atoms with Crippen molar-refractivity contribution >= 4 is 21.8 Å². The quantitative estimate of drug-likeness (QED) is 0.753. The molecule has 2 amide bonds. The number of carbonyl (C=O) groups excluding carboxylic acids is 1. The number of rotatable bonds is 4. The minimum absolute atomic E-state index is 0.0155. The molecule has 2 aromatic carbocycles. The van der Waals surface area contributed by atoms with Gasteiger partial charge in [-0.2, -0.15) is 8.42 Å². The van der Waals surface area contributed by atoms with Gasteiger partial charge in [-0.1, -0.05) is 18.2 Å². The van der Waals surface area contributed by atoms with Crippen LogP contribution in [0, 0.1) is 5.82 Å². The lowest BCUT2D eigenvalue weighted by atomic mass is 10.2. The van der Waals surface area contributed by atoms with E-state index in [4.69, 9.17) is 4.55 Å². The van der Waals surface area contributed by atoms with Crippen molar-refractivity contribution in [1.29, 1.82) is 0 Å². The summed E-state index contributed by atoms with van der Waals surface area (Å²) in [4.78, 5) is 11.4. The first-order valence-corrected chi connectivity index (χ1v) is 7.66. The molecule has 2 rings (SSSR count). The predicted octanol–water partition coefficient (Wildman–Crippen LogP) is 2.39. The number of nitrogens with one attached hydrogen (secondary N) is 2. The molecule has 0 aliphatic rings. The fraction of sp³-hybridized carbons (Fsp3) is 0.0714. The monoisotopic (exact) mass is 324 g/mol. The molecule has 0 radical (unpaired) electrons. The molecule has 0 unspecified atom stereocenters. The molecule has 0 atom stereocenters. The van der Waals surface area contributed by atoms with Crippen molar-refractivity contribution in [3.05, 3.63) is 59.9 Å². The van der Waals surface area contributed by atoms with E-state index < -0.39 is 22.0 Å². The number of hydrogen-bond acceptors (Lipinski definition) is 3. The molecular formula is C14H13FN2O4S. The third-order valence-corrected chi connectivity index (χ3v) is 3.68. The van der Waals surface area contributed by atoms with Crippen LogP contribution in [-0.2, 0) is 16.7 Å². The number of halogens is 1. The fourth-order valence-corrected chi connectivity index (χ4v) is 2.18. The summed E-state index contributed by atoms with van der Waals surface area (Å²) in [5.41, 5.74) is 0.679. The van der Waals surface area contributed by atoms with Gasteiger partial charge in [0, 0.05) is 17.8 Å². The van der Waals surface area contributed by atoms with Gasteiger partial charge >= 0.3 is 6.03 Å². The first-order valence-electron chi connectivity index (χ1n) is 6.22. The van der Waals surface area contributed by atoms with Crippen LogP contribution in [0.15, 0.2) is 53.4 Å². The molecule has 0 aliphatic heterocycles. The molecule has 3 N–H and O–H groups in total. The van der Waals surface area contributed by atoms with E-state index in [9.17, 15) is 17.6 Å². The maximum Gasteiger partial charge on any atom is 0.319 e. The highest BCUT2D eigenvalue weighted by molar-refractivity contribution is 7.85. The second kappa shape index (κ2) is 6.54. The standard InChI is InChI=1S/C14H13FN2O4S/c15-13-4-2-1-3-10(13)9-16-14(18)17-11-5-7-12(8-6-11)22(19,20)21/h1-8H,9H2,(H2,16,17,18)(H,19,20,21). The zero-order valence-electron chi connectivity index (χ0n) is 11.3. The van der Waals surface area contributed by atoms with Crippen LogP contribution in [0.3, 0.4) is 0 Å². The van der Waals surface area contributed by atoms with Crippen molar-refractivity contribution in [2.45, 2.75) is 11.4 Å². The zero-order valence-corrected chi connectivity index (χ0v) is 12.1. The summed E-state index contributed by atoms with van der Waals surface area (Å²) in [5.74, 6) is -0.416. The van der Waals surface area contributed by atoms with E-state index in [-0.39, 0.29) is 11.4 Å². The molecule has 116 valence electrons. The van der Waals surface area contributed by atoms with Crippen molar-refractivity contribution in [1.82, 2.24) is 5.32 Å². The molecule has 8 heteroatoms. The summed E-state index contributed by atoms with van der Waals surface area (Å²) >= 11 is 0. The van der Waals surface area contributed by atoms with Crippen LogP contribution >= 0.6 is 0 Å². The topological polar surface area (TPSA) is 95.5 Å². The second-order valence-corrected chi connectivity index (χ2v) is 5.82. The molecule has 0 aliphatic carbocycles. The average molecular weight is 324 g/mol. The number of amides is 2. The third kappa shape index (κ3) is 4.27. The Labute approximate surface area is 126 Å². The average Bonchev–Trinajstić information content (AvgIpc) is 2.46. The molecule has 0 spiro atoms. The molecule has 6 nitrogen and oxygen atoms in total. The highest BCUT2D eigenvalue weighted by Gasteiger charge is 2.09. The zero-order chi connectivity index (χ0) is 16.2. The second-order valence-electron chi connectivity index (χ2n) is 4.40. The minimum Gasteiger partial charge on any atom is -0.334 e. The molecule has 2 aromatic rings. The Morgan fingerprint density at radius 2 is 1.73 bits per heavy atom. The van der Waals surface area contributed by atoms with Crippen LogP contribution < -0.4 is 10.6 Å². The number of carbonyl (C=O) groups is 1. The van der Waals surface area contributed by atoms with Gasteiger partial charge in [-0.25, -0.2) is 9.18 Å². The van der Waals surface area contributed by atoms with Crippen molar-refractivity contribution in [2.24, 2.45) is 0 Å². The third-order valence-electron chi connectivity index (χ3n) is 2.81. The summed E-state index contributed by atoms with van der Waals surface area (Å²) in [7, 11) is -4.27. The molecule has 0 bridgehead atoms. The van der Waals surface area contributed by atoms with Crippen LogP contribution in [0.1, 0.15) is 5.56 Å². The lowest BCUT2D eigenvalue weighted by Gasteiger charge is -2.08. The van der Waals surface area contributed by atoms with Crippen LogP contribution in [0.25, 0.3) is 0 Å². The Morgan fingerprint density at radius 3 is 2.32 bits per heavy atom. The lowest BCUT2D eigenvalue weighted by molar-refractivity contribution is 0.251. The fourth-order valence-electron chi connectivity index (χ4n) is 1.70. The van der Waals surface area contributed by atoms with Crippen LogP contribution in [0.5, 0.6) is 0 Å². The maximum absolute atomic E-state index is 13.4. The predicted molar refractivity (Wildman–Crippen MR) is 78.5 cm³/mol. The number of anilines is 1. The number of benzene rings is 2. The van der Waals surface area contributed by atoms with E-state index >= 15 is 0 Å². The minimum atomic E-state index is -4.27. The van der Waals surface area contributed by atoms with Crippen molar-refractivity contribution in [2.75, 3.05) is 5.32 Å². The summed E-state index contributed by atoms with van der Waals surface area (Å²) in [5, 5.41) is 4.94. The van der Waals surface area contributed by atoms with Gasteiger partial charge in [-0.15, -0.1) is 0 Å². The Morgan fingerprint density at radius 1 is 1.09 bits per heavy atom. The van der Waals surface area contributed by atoms with Crippen LogP contribution in [0.2, 0.25) is 0 Å². The Kier molecular flexibility index (Phi) is 4.74. The molecule has 22 heavy (non-hydrogen) atoms. The number of urea groups is 1. The Balaban J connectivity index is 1.94. The Hall–Kier alpha value is -2.45. The van der Waals surface area contributed by atoms with E-state index in [1.807, 2.05) is 0 Å². The normalized spacial score (nSPS) is 11.0.